The van der Waals surface area contributed by atoms with Crippen molar-refractivity contribution in [1.82, 2.24) is 20.1 Å². The van der Waals surface area contributed by atoms with Crippen LogP contribution in [0.2, 0.25) is 0 Å². The summed E-state index contributed by atoms with van der Waals surface area (Å²) in [6.45, 7) is 1.51. The molecule has 6 nitrogen and oxygen atoms in total. The zero-order valence-electron chi connectivity index (χ0n) is 16.6. The lowest BCUT2D eigenvalue weighted by molar-refractivity contribution is -0.120. The molecular formula is C22H24N4O2S2. The maximum Gasteiger partial charge on any atom is 0.238 e. The summed E-state index contributed by atoms with van der Waals surface area (Å²) in [5, 5.41) is 14.6. The fourth-order valence-electron chi connectivity index (χ4n) is 3.63. The molecule has 0 radical (unpaired) electrons. The molecule has 0 spiro atoms. The van der Waals surface area contributed by atoms with Crippen LogP contribution >= 0.6 is 23.1 Å². The predicted molar refractivity (Wildman–Crippen MR) is 119 cm³/mol. The third-order valence-electron chi connectivity index (χ3n) is 5.36. The van der Waals surface area contributed by atoms with Crippen LogP contribution in [0.5, 0.6) is 0 Å². The Kier molecular flexibility index (Phi) is 5.88. The second-order valence-corrected chi connectivity index (χ2v) is 9.74. The van der Waals surface area contributed by atoms with Gasteiger partial charge < -0.3 is 10.1 Å². The number of aromatic nitrogens is 3. The third kappa shape index (κ3) is 4.45. The average Bonchev–Trinajstić information content (AvgIpc) is 3.19. The SMILES string of the molecule is O=C(NC1CC1)[C@H](Sc1nnc(-c2cccs2)n1C[C@H]1CCCO1)c1ccccc1. The second-order valence-electron chi connectivity index (χ2n) is 7.72. The highest BCUT2D eigenvalue weighted by molar-refractivity contribution is 8.00. The highest BCUT2D eigenvalue weighted by atomic mass is 32.2. The van der Waals surface area contributed by atoms with Gasteiger partial charge in [-0.3, -0.25) is 9.36 Å². The second kappa shape index (κ2) is 8.91. The molecule has 2 aliphatic rings. The van der Waals surface area contributed by atoms with E-state index in [4.69, 9.17) is 4.74 Å². The first-order valence-electron chi connectivity index (χ1n) is 10.4. The largest absolute Gasteiger partial charge is 0.376 e. The summed E-state index contributed by atoms with van der Waals surface area (Å²) in [4.78, 5) is 14.2. The van der Waals surface area contributed by atoms with Gasteiger partial charge in [0.05, 0.1) is 17.5 Å². The molecule has 156 valence electrons. The number of hydrogen-bond donors (Lipinski definition) is 1. The van der Waals surface area contributed by atoms with Gasteiger partial charge in [-0.05, 0) is 42.7 Å². The monoisotopic (exact) mass is 440 g/mol. The quantitative estimate of drug-likeness (QED) is 0.529. The van der Waals surface area contributed by atoms with Crippen molar-refractivity contribution >= 4 is 29.0 Å². The zero-order valence-corrected chi connectivity index (χ0v) is 18.2. The van der Waals surface area contributed by atoms with Gasteiger partial charge in [0.2, 0.25) is 5.91 Å². The minimum atomic E-state index is -0.365. The highest BCUT2D eigenvalue weighted by Crippen LogP contribution is 2.38. The maximum absolute atomic E-state index is 13.1. The Bertz CT molecular complexity index is 980. The molecule has 8 heteroatoms. The first-order chi connectivity index (χ1) is 14.8. The van der Waals surface area contributed by atoms with E-state index in [1.807, 2.05) is 41.8 Å². The zero-order chi connectivity index (χ0) is 20.3. The molecule has 1 amide bonds. The van der Waals surface area contributed by atoms with E-state index in [2.05, 4.69) is 26.1 Å². The lowest BCUT2D eigenvalue weighted by Crippen LogP contribution is -2.30. The minimum absolute atomic E-state index is 0.0399. The molecule has 1 aliphatic carbocycles. The van der Waals surface area contributed by atoms with Crippen LogP contribution in [-0.4, -0.2) is 39.4 Å². The van der Waals surface area contributed by atoms with Gasteiger partial charge in [-0.2, -0.15) is 0 Å². The van der Waals surface area contributed by atoms with E-state index in [1.165, 1.54) is 11.8 Å². The van der Waals surface area contributed by atoms with E-state index >= 15 is 0 Å². The molecule has 1 saturated heterocycles. The topological polar surface area (TPSA) is 69.0 Å². The number of hydrogen-bond acceptors (Lipinski definition) is 6. The van der Waals surface area contributed by atoms with Crippen molar-refractivity contribution in [2.24, 2.45) is 0 Å². The Balaban J connectivity index is 1.46. The van der Waals surface area contributed by atoms with Gasteiger partial charge in [0.25, 0.3) is 0 Å². The lowest BCUT2D eigenvalue weighted by Gasteiger charge is -2.18. The van der Waals surface area contributed by atoms with Crippen LogP contribution in [0.4, 0.5) is 0 Å². The number of carbonyl (C=O) groups excluding carboxylic acids is 1. The van der Waals surface area contributed by atoms with E-state index in [0.717, 1.165) is 53.7 Å². The summed E-state index contributed by atoms with van der Waals surface area (Å²) >= 11 is 3.12. The molecule has 2 fully saturated rings. The molecule has 0 bridgehead atoms. The normalized spacial score (nSPS) is 19.7. The van der Waals surface area contributed by atoms with Crippen LogP contribution in [0.3, 0.4) is 0 Å². The fourth-order valence-corrected chi connectivity index (χ4v) is 5.40. The van der Waals surface area contributed by atoms with Crippen molar-refractivity contribution in [3.05, 3.63) is 53.4 Å². The Morgan fingerprint density at radius 1 is 1.20 bits per heavy atom. The van der Waals surface area contributed by atoms with E-state index in [-0.39, 0.29) is 17.3 Å². The van der Waals surface area contributed by atoms with Gasteiger partial charge in [0, 0.05) is 12.6 Å². The van der Waals surface area contributed by atoms with Gasteiger partial charge in [0.1, 0.15) is 5.25 Å². The van der Waals surface area contributed by atoms with Gasteiger partial charge in [0.15, 0.2) is 11.0 Å². The third-order valence-corrected chi connectivity index (χ3v) is 7.46. The molecular weight excluding hydrogens is 416 g/mol. The van der Waals surface area contributed by atoms with Gasteiger partial charge in [-0.25, -0.2) is 0 Å². The van der Waals surface area contributed by atoms with Crippen LogP contribution in [0.25, 0.3) is 10.7 Å². The van der Waals surface area contributed by atoms with E-state index in [1.54, 1.807) is 11.3 Å². The van der Waals surface area contributed by atoms with Crippen molar-refractivity contribution in [2.45, 2.75) is 54.8 Å². The molecule has 5 rings (SSSR count). The average molecular weight is 441 g/mol. The fraction of sp³-hybridized carbons (Fsp3) is 0.409. The number of nitrogens with zero attached hydrogens (tertiary/aromatic N) is 3. The van der Waals surface area contributed by atoms with Crippen molar-refractivity contribution in [3.63, 3.8) is 0 Å². The molecule has 1 N–H and O–H groups in total. The van der Waals surface area contributed by atoms with Gasteiger partial charge in [-0.15, -0.1) is 21.5 Å². The number of ether oxygens (including phenoxy) is 1. The summed E-state index contributed by atoms with van der Waals surface area (Å²) in [6.07, 6.45) is 4.41. The van der Waals surface area contributed by atoms with Crippen molar-refractivity contribution in [1.29, 1.82) is 0 Å². The standard InChI is InChI=1S/C22H24N4O2S2/c27-21(23-16-10-11-16)19(15-6-2-1-3-7-15)30-22-25-24-20(18-9-5-13-29-18)26(22)14-17-8-4-12-28-17/h1-3,5-7,9,13,16-17,19H,4,8,10-12,14H2,(H,23,27)/t17-,19-/m1/s1. The lowest BCUT2D eigenvalue weighted by atomic mass is 10.1. The van der Waals surface area contributed by atoms with Crippen molar-refractivity contribution < 1.29 is 9.53 Å². The molecule has 1 aromatic carbocycles. The van der Waals surface area contributed by atoms with Crippen molar-refractivity contribution in [3.8, 4) is 10.7 Å². The summed E-state index contributed by atoms with van der Waals surface area (Å²) in [6, 6.07) is 14.3. The van der Waals surface area contributed by atoms with Crippen LogP contribution in [0.15, 0.2) is 53.0 Å². The number of carbonyl (C=O) groups is 1. The molecule has 0 unspecified atom stereocenters. The summed E-state index contributed by atoms with van der Waals surface area (Å²) in [7, 11) is 0. The molecule has 30 heavy (non-hydrogen) atoms. The van der Waals surface area contributed by atoms with Gasteiger partial charge in [-0.1, -0.05) is 48.2 Å². The molecule has 2 atom stereocenters. The maximum atomic E-state index is 13.1. The molecule has 3 aromatic rings. The van der Waals surface area contributed by atoms with Crippen LogP contribution in [-0.2, 0) is 16.1 Å². The molecule has 1 saturated carbocycles. The Labute approximate surface area is 184 Å². The highest BCUT2D eigenvalue weighted by Gasteiger charge is 2.31. The molecule has 3 heterocycles. The van der Waals surface area contributed by atoms with E-state index in [0.29, 0.717) is 12.6 Å². The number of amides is 1. The number of thiophene rings is 1. The molecule has 2 aromatic heterocycles. The minimum Gasteiger partial charge on any atom is -0.376 e. The van der Waals surface area contributed by atoms with Crippen LogP contribution in [0, 0.1) is 0 Å². The number of nitrogens with one attached hydrogen (secondary N) is 1. The Hall–Kier alpha value is -2.16. The number of thioether (sulfide) groups is 1. The van der Waals surface area contributed by atoms with E-state index in [9.17, 15) is 4.79 Å². The predicted octanol–water partition coefficient (Wildman–Crippen LogP) is 4.30. The van der Waals surface area contributed by atoms with Crippen molar-refractivity contribution in [2.75, 3.05) is 6.61 Å². The Morgan fingerprint density at radius 3 is 2.77 bits per heavy atom. The Morgan fingerprint density at radius 2 is 2.07 bits per heavy atom. The smallest absolute Gasteiger partial charge is 0.238 e. The van der Waals surface area contributed by atoms with Gasteiger partial charge >= 0.3 is 0 Å². The summed E-state index contributed by atoms with van der Waals surface area (Å²) in [5.41, 5.74) is 0.977. The first-order valence-corrected chi connectivity index (χ1v) is 12.1. The molecule has 1 aliphatic heterocycles. The summed E-state index contributed by atoms with van der Waals surface area (Å²) in [5.74, 6) is 0.885. The number of rotatable bonds is 8. The summed E-state index contributed by atoms with van der Waals surface area (Å²) < 4.78 is 8.02. The number of benzene rings is 1. The first kappa shape index (κ1) is 19.8. The van der Waals surface area contributed by atoms with E-state index < -0.39 is 0 Å². The van der Waals surface area contributed by atoms with Crippen LogP contribution in [0.1, 0.15) is 36.5 Å². The van der Waals surface area contributed by atoms with Crippen LogP contribution < -0.4 is 5.32 Å².